The summed E-state index contributed by atoms with van der Waals surface area (Å²) in [5.74, 6) is -0.111. The number of rotatable bonds is 8. The standard InChI is InChI=1S/C20H26N4O2S/c1-5-7-18(25)23-15-8-6-9-16(12-15)24-19(26)11-10-17-13(2)21-20(27-4)22-14(17)3/h6,8-9,12H,5,7,10-11H2,1-4H3,(H,23,25)(H,24,26). The molecule has 0 atom stereocenters. The van der Waals surface area contributed by atoms with Crippen LogP contribution in [0.2, 0.25) is 0 Å². The number of hydrogen-bond acceptors (Lipinski definition) is 5. The Morgan fingerprint density at radius 3 is 2.07 bits per heavy atom. The summed E-state index contributed by atoms with van der Waals surface area (Å²) < 4.78 is 0. The molecular weight excluding hydrogens is 360 g/mol. The Morgan fingerprint density at radius 2 is 1.56 bits per heavy atom. The van der Waals surface area contributed by atoms with Gasteiger partial charge in [0, 0.05) is 35.6 Å². The van der Waals surface area contributed by atoms with Gasteiger partial charge in [0.05, 0.1) is 0 Å². The first-order chi connectivity index (χ1) is 12.9. The van der Waals surface area contributed by atoms with Gasteiger partial charge in [-0.15, -0.1) is 0 Å². The Kier molecular flexibility index (Phi) is 7.79. The molecule has 2 aromatic rings. The van der Waals surface area contributed by atoms with Gasteiger partial charge in [0.15, 0.2) is 5.16 Å². The summed E-state index contributed by atoms with van der Waals surface area (Å²) in [4.78, 5) is 32.9. The highest BCUT2D eigenvalue weighted by molar-refractivity contribution is 7.98. The minimum absolute atomic E-state index is 0.0272. The molecule has 0 fully saturated rings. The van der Waals surface area contributed by atoms with Crippen molar-refractivity contribution in [1.82, 2.24) is 9.97 Å². The third kappa shape index (κ3) is 6.36. The van der Waals surface area contributed by atoms with Gasteiger partial charge < -0.3 is 10.6 Å². The van der Waals surface area contributed by atoms with Crippen LogP contribution in [0, 0.1) is 13.8 Å². The van der Waals surface area contributed by atoms with Gasteiger partial charge in [0.2, 0.25) is 11.8 Å². The van der Waals surface area contributed by atoms with Crippen molar-refractivity contribution in [3.8, 4) is 0 Å². The molecule has 0 aliphatic heterocycles. The van der Waals surface area contributed by atoms with E-state index < -0.39 is 0 Å². The van der Waals surface area contributed by atoms with E-state index in [9.17, 15) is 9.59 Å². The molecule has 6 nitrogen and oxygen atoms in total. The van der Waals surface area contributed by atoms with Gasteiger partial charge in [-0.2, -0.15) is 0 Å². The molecule has 0 bridgehead atoms. The first-order valence-corrected chi connectivity index (χ1v) is 10.2. The van der Waals surface area contributed by atoms with Crippen LogP contribution in [0.5, 0.6) is 0 Å². The zero-order valence-corrected chi connectivity index (χ0v) is 17.1. The lowest BCUT2D eigenvalue weighted by Gasteiger charge is -2.11. The molecular formula is C20H26N4O2S. The zero-order chi connectivity index (χ0) is 19.8. The smallest absolute Gasteiger partial charge is 0.224 e. The second kappa shape index (κ2) is 10.1. The molecule has 2 rings (SSSR count). The highest BCUT2D eigenvalue weighted by Gasteiger charge is 2.11. The third-order valence-electron chi connectivity index (χ3n) is 4.09. The third-order valence-corrected chi connectivity index (χ3v) is 4.64. The summed E-state index contributed by atoms with van der Waals surface area (Å²) in [6.07, 6.45) is 4.15. The zero-order valence-electron chi connectivity index (χ0n) is 16.3. The molecule has 0 saturated heterocycles. The molecule has 2 N–H and O–H groups in total. The highest BCUT2D eigenvalue weighted by Crippen LogP contribution is 2.19. The predicted octanol–water partition coefficient (Wildman–Crippen LogP) is 4.13. The molecule has 27 heavy (non-hydrogen) atoms. The fourth-order valence-corrected chi connectivity index (χ4v) is 3.21. The molecule has 1 aromatic heterocycles. The summed E-state index contributed by atoms with van der Waals surface area (Å²) in [6.45, 7) is 5.85. The lowest BCUT2D eigenvalue weighted by molar-refractivity contribution is -0.117. The predicted molar refractivity (Wildman–Crippen MR) is 110 cm³/mol. The fourth-order valence-electron chi connectivity index (χ4n) is 2.75. The molecule has 144 valence electrons. The van der Waals surface area contributed by atoms with E-state index in [4.69, 9.17) is 0 Å². The van der Waals surface area contributed by atoms with Gasteiger partial charge in [-0.3, -0.25) is 9.59 Å². The largest absolute Gasteiger partial charge is 0.326 e. The van der Waals surface area contributed by atoms with Crippen LogP contribution in [0.25, 0.3) is 0 Å². The van der Waals surface area contributed by atoms with E-state index >= 15 is 0 Å². The van der Waals surface area contributed by atoms with E-state index in [1.807, 2.05) is 27.0 Å². The number of carbonyl (C=O) groups excluding carboxylic acids is 2. The fraction of sp³-hybridized carbons (Fsp3) is 0.400. The molecule has 0 radical (unpaired) electrons. The average molecular weight is 387 g/mol. The van der Waals surface area contributed by atoms with Gasteiger partial charge >= 0.3 is 0 Å². The molecule has 1 aromatic carbocycles. The number of carbonyl (C=O) groups is 2. The van der Waals surface area contributed by atoms with Crippen molar-refractivity contribution >= 4 is 35.0 Å². The number of anilines is 2. The van der Waals surface area contributed by atoms with Crippen molar-refractivity contribution in [2.45, 2.75) is 51.6 Å². The van der Waals surface area contributed by atoms with E-state index in [0.29, 0.717) is 30.6 Å². The van der Waals surface area contributed by atoms with Crippen LogP contribution >= 0.6 is 11.8 Å². The van der Waals surface area contributed by atoms with Crippen molar-refractivity contribution in [3.63, 3.8) is 0 Å². The van der Waals surface area contributed by atoms with Gasteiger partial charge in [0.25, 0.3) is 0 Å². The number of aromatic nitrogens is 2. The normalized spacial score (nSPS) is 10.5. The van der Waals surface area contributed by atoms with Crippen molar-refractivity contribution in [2.24, 2.45) is 0 Å². The van der Waals surface area contributed by atoms with Crippen LogP contribution in [0.1, 0.15) is 43.1 Å². The van der Waals surface area contributed by atoms with Gasteiger partial charge in [-0.1, -0.05) is 24.8 Å². The summed E-state index contributed by atoms with van der Waals surface area (Å²) in [5, 5.41) is 6.47. The van der Waals surface area contributed by atoms with Crippen LogP contribution < -0.4 is 10.6 Å². The maximum Gasteiger partial charge on any atom is 0.224 e. The van der Waals surface area contributed by atoms with Crippen molar-refractivity contribution in [1.29, 1.82) is 0 Å². The second-order valence-corrected chi connectivity index (χ2v) is 7.06. The minimum Gasteiger partial charge on any atom is -0.326 e. The maximum atomic E-state index is 12.3. The topological polar surface area (TPSA) is 84.0 Å². The number of amides is 2. The SMILES string of the molecule is CCCC(=O)Nc1cccc(NC(=O)CCc2c(C)nc(SC)nc2C)c1. The number of thioether (sulfide) groups is 1. The second-order valence-electron chi connectivity index (χ2n) is 6.29. The van der Waals surface area contributed by atoms with Gasteiger partial charge in [-0.05, 0) is 56.7 Å². The monoisotopic (exact) mass is 386 g/mol. The lowest BCUT2D eigenvalue weighted by Crippen LogP contribution is -2.14. The van der Waals surface area contributed by atoms with Crippen LogP contribution in [0.3, 0.4) is 0 Å². The molecule has 0 aliphatic carbocycles. The van der Waals surface area contributed by atoms with E-state index in [1.165, 1.54) is 11.8 Å². The molecule has 0 saturated carbocycles. The van der Waals surface area contributed by atoms with Gasteiger partial charge in [-0.25, -0.2) is 9.97 Å². The number of hydrogen-bond donors (Lipinski definition) is 2. The summed E-state index contributed by atoms with van der Waals surface area (Å²) in [6, 6.07) is 7.18. The number of aryl methyl sites for hydroxylation is 2. The molecule has 1 heterocycles. The quantitative estimate of drug-likeness (QED) is 0.526. The Labute approximate surface area is 164 Å². The van der Waals surface area contributed by atoms with E-state index in [0.717, 1.165) is 28.5 Å². The van der Waals surface area contributed by atoms with Crippen LogP contribution in [0.4, 0.5) is 11.4 Å². The molecule has 0 unspecified atom stereocenters. The summed E-state index contributed by atoms with van der Waals surface area (Å²) >= 11 is 1.51. The summed E-state index contributed by atoms with van der Waals surface area (Å²) in [7, 11) is 0. The minimum atomic E-state index is -0.0835. The highest BCUT2D eigenvalue weighted by atomic mass is 32.2. The van der Waals surface area contributed by atoms with Crippen molar-refractivity contribution < 1.29 is 9.59 Å². The van der Waals surface area contributed by atoms with E-state index in [1.54, 1.807) is 24.3 Å². The Hall–Kier alpha value is -2.41. The summed E-state index contributed by atoms with van der Waals surface area (Å²) in [5.41, 5.74) is 4.19. The maximum absolute atomic E-state index is 12.3. The van der Waals surface area contributed by atoms with E-state index in [-0.39, 0.29) is 11.8 Å². The Bertz CT molecular complexity index is 800. The number of nitrogens with zero attached hydrogens (tertiary/aromatic N) is 2. The molecule has 0 spiro atoms. The van der Waals surface area contributed by atoms with Crippen molar-refractivity contribution in [3.05, 3.63) is 41.2 Å². The first kappa shape index (κ1) is 20.9. The average Bonchev–Trinajstić information content (AvgIpc) is 2.61. The lowest BCUT2D eigenvalue weighted by atomic mass is 10.1. The molecule has 0 aliphatic rings. The van der Waals surface area contributed by atoms with Crippen LogP contribution in [0.15, 0.2) is 29.4 Å². The van der Waals surface area contributed by atoms with Crippen LogP contribution in [-0.2, 0) is 16.0 Å². The number of nitrogens with one attached hydrogen (secondary N) is 2. The Balaban J connectivity index is 1.95. The molecule has 7 heteroatoms. The first-order valence-electron chi connectivity index (χ1n) is 9.00. The van der Waals surface area contributed by atoms with Gasteiger partial charge in [0.1, 0.15) is 0 Å². The number of benzene rings is 1. The molecule has 2 amide bonds. The van der Waals surface area contributed by atoms with Crippen LogP contribution in [-0.4, -0.2) is 28.0 Å². The van der Waals surface area contributed by atoms with E-state index in [2.05, 4.69) is 20.6 Å². The Morgan fingerprint density at radius 1 is 1.00 bits per heavy atom. The van der Waals surface area contributed by atoms with Crippen molar-refractivity contribution in [2.75, 3.05) is 16.9 Å².